The molecule has 2 aromatic heterocycles. The van der Waals surface area contributed by atoms with Crippen LogP contribution in [-0.4, -0.2) is 0 Å². The van der Waals surface area contributed by atoms with Gasteiger partial charge in [-0.3, -0.25) is 0 Å². The molecule has 0 saturated heterocycles. The van der Waals surface area contributed by atoms with Gasteiger partial charge in [0, 0.05) is 9.75 Å². The highest BCUT2D eigenvalue weighted by Crippen LogP contribution is 2.33. The molecule has 3 aromatic rings. The largest absolute Gasteiger partial charge is 0.370 e. The van der Waals surface area contributed by atoms with Crippen LogP contribution in [0.2, 0.25) is 0 Å². The predicted molar refractivity (Wildman–Crippen MR) is 85.2 cm³/mol. The van der Waals surface area contributed by atoms with Crippen LogP contribution < -0.4 is 5.32 Å². The van der Waals surface area contributed by atoms with Gasteiger partial charge in [-0.1, -0.05) is 18.2 Å². The fraction of sp³-hybridized carbons (Fsp3) is 0.125. The number of thiophene rings is 2. The lowest BCUT2D eigenvalue weighted by molar-refractivity contribution is 0.627. The number of benzene rings is 1. The molecule has 0 bridgehead atoms. The summed E-state index contributed by atoms with van der Waals surface area (Å²) in [6.07, 6.45) is 0. The summed E-state index contributed by atoms with van der Waals surface area (Å²) in [4.78, 5) is 2.37. The SMILES string of the molecule is Cc1ccc(NC(c2cccs2)c2cccs2)c(F)c1. The second-order valence-electron chi connectivity index (χ2n) is 4.59. The topological polar surface area (TPSA) is 12.0 Å². The second-order valence-corrected chi connectivity index (χ2v) is 6.55. The normalized spacial score (nSPS) is 10.9. The summed E-state index contributed by atoms with van der Waals surface area (Å²) in [7, 11) is 0. The number of halogens is 1. The maximum absolute atomic E-state index is 14.0. The van der Waals surface area contributed by atoms with E-state index in [9.17, 15) is 4.39 Å². The predicted octanol–water partition coefficient (Wildman–Crippen LogP) is 5.46. The van der Waals surface area contributed by atoms with Gasteiger partial charge in [-0.25, -0.2) is 4.39 Å². The van der Waals surface area contributed by atoms with Gasteiger partial charge in [0.15, 0.2) is 0 Å². The molecule has 3 rings (SSSR count). The molecule has 1 N–H and O–H groups in total. The first kappa shape index (κ1) is 13.3. The Labute approximate surface area is 125 Å². The fourth-order valence-electron chi connectivity index (χ4n) is 2.09. The van der Waals surface area contributed by atoms with Crippen LogP contribution >= 0.6 is 22.7 Å². The minimum absolute atomic E-state index is 0.00667. The molecular formula is C16H14FNS2. The molecule has 0 radical (unpaired) electrons. The molecule has 0 spiro atoms. The monoisotopic (exact) mass is 303 g/mol. The molecule has 0 saturated carbocycles. The van der Waals surface area contributed by atoms with E-state index in [0.29, 0.717) is 5.69 Å². The van der Waals surface area contributed by atoms with Crippen LogP contribution in [0, 0.1) is 12.7 Å². The van der Waals surface area contributed by atoms with E-state index in [0.717, 1.165) is 5.56 Å². The van der Waals surface area contributed by atoms with Crippen LogP contribution in [0.15, 0.2) is 53.2 Å². The maximum atomic E-state index is 14.0. The van der Waals surface area contributed by atoms with Crippen molar-refractivity contribution >= 4 is 28.4 Å². The van der Waals surface area contributed by atoms with Crippen LogP contribution in [0.4, 0.5) is 10.1 Å². The molecule has 20 heavy (non-hydrogen) atoms. The minimum atomic E-state index is -0.205. The molecule has 0 aliphatic carbocycles. The van der Waals surface area contributed by atoms with Crippen LogP contribution in [-0.2, 0) is 0 Å². The Bertz CT molecular complexity index is 640. The van der Waals surface area contributed by atoms with Crippen molar-refractivity contribution in [1.82, 2.24) is 0 Å². The lowest BCUT2D eigenvalue weighted by atomic mass is 10.1. The van der Waals surface area contributed by atoms with E-state index in [-0.39, 0.29) is 11.9 Å². The molecule has 0 aliphatic heterocycles. The zero-order valence-corrected chi connectivity index (χ0v) is 12.6. The Morgan fingerprint density at radius 2 is 1.65 bits per heavy atom. The zero-order chi connectivity index (χ0) is 13.9. The standard InChI is InChI=1S/C16H14FNS2/c1-11-6-7-13(12(17)10-11)18-16(14-4-2-8-19-14)15-5-3-9-20-15/h2-10,16,18H,1H3. The van der Waals surface area contributed by atoms with E-state index in [1.54, 1.807) is 34.8 Å². The Morgan fingerprint density at radius 3 is 2.15 bits per heavy atom. The van der Waals surface area contributed by atoms with Gasteiger partial charge >= 0.3 is 0 Å². The lowest BCUT2D eigenvalue weighted by Crippen LogP contribution is -2.10. The second kappa shape index (κ2) is 5.77. The fourth-order valence-corrected chi connectivity index (χ4v) is 3.75. The highest BCUT2D eigenvalue weighted by molar-refractivity contribution is 7.11. The van der Waals surface area contributed by atoms with Crippen molar-refractivity contribution in [1.29, 1.82) is 0 Å². The first-order valence-corrected chi connectivity index (χ1v) is 8.09. The lowest BCUT2D eigenvalue weighted by Gasteiger charge is -2.18. The van der Waals surface area contributed by atoms with Gasteiger partial charge in [0.05, 0.1) is 11.7 Å². The van der Waals surface area contributed by atoms with Crippen molar-refractivity contribution in [2.75, 3.05) is 5.32 Å². The molecule has 102 valence electrons. The Morgan fingerprint density at radius 1 is 1.00 bits per heavy atom. The van der Waals surface area contributed by atoms with Gasteiger partial charge in [-0.2, -0.15) is 0 Å². The van der Waals surface area contributed by atoms with Gasteiger partial charge in [-0.15, -0.1) is 22.7 Å². The summed E-state index contributed by atoms with van der Waals surface area (Å²) < 4.78 is 14.0. The highest BCUT2D eigenvalue weighted by atomic mass is 32.1. The number of hydrogen-bond donors (Lipinski definition) is 1. The van der Waals surface area contributed by atoms with E-state index in [1.807, 2.05) is 35.9 Å². The number of aryl methyl sites for hydroxylation is 1. The van der Waals surface area contributed by atoms with Crippen molar-refractivity contribution in [3.63, 3.8) is 0 Å². The van der Waals surface area contributed by atoms with E-state index >= 15 is 0 Å². The van der Waals surface area contributed by atoms with Crippen molar-refractivity contribution in [2.24, 2.45) is 0 Å². The maximum Gasteiger partial charge on any atom is 0.146 e. The average Bonchev–Trinajstić information content (AvgIpc) is 3.11. The van der Waals surface area contributed by atoms with Gasteiger partial charge in [0.25, 0.3) is 0 Å². The van der Waals surface area contributed by atoms with E-state index < -0.39 is 0 Å². The van der Waals surface area contributed by atoms with Crippen LogP contribution in [0.25, 0.3) is 0 Å². The minimum Gasteiger partial charge on any atom is -0.370 e. The first-order valence-electron chi connectivity index (χ1n) is 6.33. The molecule has 2 heterocycles. The summed E-state index contributed by atoms with van der Waals surface area (Å²) in [5.74, 6) is -0.205. The Hall–Kier alpha value is -1.65. The molecule has 1 aromatic carbocycles. The molecule has 0 amide bonds. The summed E-state index contributed by atoms with van der Waals surface area (Å²) in [5, 5.41) is 7.41. The van der Waals surface area contributed by atoms with E-state index in [4.69, 9.17) is 0 Å². The quantitative estimate of drug-likeness (QED) is 0.675. The highest BCUT2D eigenvalue weighted by Gasteiger charge is 2.17. The molecule has 4 heteroatoms. The van der Waals surface area contributed by atoms with E-state index in [1.165, 1.54) is 9.75 Å². The van der Waals surface area contributed by atoms with Crippen molar-refractivity contribution in [3.8, 4) is 0 Å². The molecule has 0 atom stereocenters. The first-order chi connectivity index (χ1) is 9.74. The average molecular weight is 303 g/mol. The third kappa shape index (κ3) is 2.76. The van der Waals surface area contributed by atoms with Crippen molar-refractivity contribution in [3.05, 3.63) is 74.4 Å². The third-order valence-electron chi connectivity index (χ3n) is 3.08. The van der Waals surface area contributed by atoms with Crippen LogP contribution in [0.1, 0.15) is 21.4 Å². The Kier molecular flexibility index (Phi) is 3.85. The van der Waals surface area contributed by atoms with Gasteiger partial charge < -0.3 is 5.32 Å². The molecular weight excluding hydrogens is 289 g/mol. The Balaban J connectivity index is 1.95. The summed E-state index contributed by atoms with van der Waals surface area (Å²) in [6.45, 7) is 1.89. The van der Waals surface area contributed by atoms with Gasteiger partial charge in [0.2, 0.25) is 0 Å². The van der Waals surface area contributed by atoms with E-state index in [2.05, 4.69) is 17.4 Å². The molecule has 0 unspecified atom stereocenters. The van der Waals surface area contributed by atoms with Crippen molar-refractivity contribution in [2.45, 2.75) is 13.0 Å². The number of nitrogens with one attached hydrogen (secondary N) is 1. The van der Waals surface area contributed by atoms with Gasteiger partial charge in [0.1, 0.15) is 5.82 Å². The summed E-state index contributed by atoms with van der Waals surface area (Å²) >= 11 is 3.36. The number of anilines is 1. The van der Waals surface area contributed by atoms with Crippen LogP contribution in [0.3, 0.4) is 0 Å². The molecule has 1 nitrogen and oxygen atoms in total. The third-order valence-corrected chi connectivity index (χ3v) is 4.95. The molecule has 0 aliphatic rings. The number of rotatable bonds is 4. The smallest absolute Gasteiger partial charge is 0.146 e. The van der Waals surface area contributed by atoms with Gasteiger partial charge in [-0.05, 0) is 47.5 Å². The zero-order valence-electron chi connectivity index (χ0n) is 11.0. The summed E-state index contributed by atoms with van der Waals surface area (Å²) in [5.41, 5.74) is 1.47. The summed E-state index contributed by atoms with van der Waals surface area (Å²) in [6, 6.07) is 13.5. The van der Waals surface area contributed by atoms with Crippen LogP contribution in [0.5, 0.6) is 0 Å². The number of hydrogen-bond acceptors (Lipinski definition) is 3. The van der Waals surface area contributed by atoms with Crippen molar-refractivity contribution < 1.29 is 4.39 Å². The molecule has 0 fully saturated rings.